The first-order valence-electron chi connectivity index (χ1n) is 10.3. The van der Waals surface area contributed by atoms with E-state index in [9.17, 15) is 19.5 Å². The van der Waals surface area contributed by atoms with Gasteiger partial charge in [0.05, 0.1) is 23.5 Å². The molecule has 2 spiro atoms. The number of fused-ring (bicyclic) bond motifs is 3. The molecule has 2 heterocycles. The van der Waals surface area contributed by atoms with Gasteiger partial charge in [-0.25, -0.2) is 0 Å². The molecule has 0 unspecified atom stereocenters. The van der Waals surface area contributed by atoms with Gasteiger partial charge in [0.25, 0.3) is 0 Å². The summed E-state index contributed by atoms with van der Waals surface area (Å²) in [6, 6.07) is 0. The van der Waals surface area contributed by atoms with E-state index in [1.807, 2.05) is 13.8 Å². The quantitative estimate of drug-likeness (QED) is 0.545. The van der Waals surface area contributed by atoms with Crippen LogP contribution in [-0.2, 0) is 23.9 Å². The van der Waals surface area contributed by atoms with Gasteiger partial charge in [-0.05, 0) is 42.1 Å². The van der Waals surface area contributed by atoms with Crippen molar-refractivity contribution in [1.29, 1.82) is 0 Å². The smallest absolute Gasteiger partial charge is 0.303 e. The molecule has 4 bridgehead atoms. The first kappa shape index (κ1) is 18.5. The standard InChI is InChI=1S/C22H28O6/c1-10-12-5-6-13-21(8-12,19(10)28-11(2)23)18(26)16(25)17-20(3,4)15-7-14(24)22(13,17)9-27-15/h12-13,15-17,19,25H,1,5-9H2,2-4H3/t12-,13-,15-,16+,17-,19-,21-,22-/m1/s1. The molecule has 2 aliphatic heterocycles. The van der Waals surface area contributed by atoms with Crippen LogP contribution in [0.5, 0.6) is 0 Å². The van der Waals surface area contributed by atoms with Crippen LogP contribution in [0, 0.1) is 34.0 Å². The van der Waals surface area contributed by atoms with Crippen LogP contribution in [0.1, 0.15) is 46.5 Å². The Hall–Kier alpha value is -1.53. The number of ether oxygens (including phenoxy) is 2. The molecular formula is C22H28O6. The molecule has 0 aromatic carbocycles. The lowest BCUT2D eigenvalue weighted by Gasteiger charge is -2.68. The predicted molar refractivity (Wildman–Crippen MR) is 98.0 cm³/mol. The van der Waals surface area contributed by atoms with Gasteiger partial charge in [0.1, 0.15) is 18.0 Å². The average molecular weight is 388 g/mol. The van der Waals surface area contributed by atoms with E-state index in [1.54, 1.807) is 0 Å². The Morgan fingerprint density at radius 3 is 2.61 bits per heavy atom. The van der Waals surface area contributed by atoms with E-state index < -0.39 is 40.3 Å². The zero-order valence-electron chi connectivity index (χ0n) is 16.7. The van der Waals surface area contributed by atoms with E-state index in [-0.39, 0.29) is 36.1 Å². The lowest BCUT2D eigenvalue weighted by atomic mass is 9.37. The maximum Gasteiger partial charge on any atom is 0.303 e. The van der Waals surface area contributed by atoms with Gasteiger partial charge in [-0.3, -0.25) is 14.4 Å². The molecule has 6 aliphatic rings. The molecule has 6 rings (SSSR count). The van der Waals surface area contributed by atoms with Crippen LogP contribution in [0.4, 0.5) is 0 Å². The van der Waals surface area contributed by atoms with E-state index in [2.05, 4.69) is 6.58 Å². The number of aliphatic hydroxyl groups is 1. The molecule has 1 N–H and O–H groups in total. The zero-order valence-corrected chi connectivity index (χ0v) is 16.7. The van der Waals surface area contributed by atoms with Crippen molar-refractivity contribution in [3.8, 4) is 0 Å². The molecule has 28 heavy (non-hydrogen) atoms. The number of rotatable bonds is 1. The predicted octanol–water partition coefficient (Wildman–Crippen LogP) is 1.83. The monoisotopic (exact) mass is 388 g/mol. The summed E-state index contributed by atoms with van der Waals surface area (Å²) >= 11 is 0. The second-order valence-electron chi connectivity index (χ2n) is 10.2. The molecular weight excluding hydrogens is 360 g/mol. The number of Topliss-reactive ketones (excluding diaryl/α,β-unsaturated/α-hetero) is 2. The molecule has 8 atom stereocenters. The Morgan fingerprint density at radius 1 is 1.25 bits per heavy atom. The van der Waals surface area contributed by atoms with Crippen molar-refractivity contribution in [2.75, 3.05) is 6.61 Å². The van der Waals surface area contributed by atoms with Crippen molar-refractivity contribution >= 4 is 17.5 Å². The Bertz CT molecular complexity index is 814. The van der Waals surface area contributed by atoms with Gasteiger partial charge in [0, 0.05) is 19.3 Å². The van der Waals surface area contributed by atoms with E-state index >= 15 is 0 Å². The summed E-state index contributed by atoms with van der Waals surface area (Å²) in [5.41, 5.74) is -1.70. The van der Waals surface area contributed by atoms with Gasteiger partial charge >= 0.3 is 5.97 Å². The molecule has 152 valence electrons. The number of carbonyl (C=O) groups excluding carboxylic acids is 3. The largest absolute Gasteiger partial charge is 0.457 e. The summed E-state index contributed by atoms with van der Waals surface area (Å²) in [6.07, 6.45) is 0.0162. The fraction of sp³-hybridized carbons (Fsp3) is 0.773. The van der Waals surface area contributed by atoms with E-state index in [0.29, 0.717) is 19.3 Å². The molecule has 6 fully saturated rings. The average Bonchev–Trinajstić information content (AvgIpc) is 2.82. The second-order valence-corrected chi connectivity index (χ2v) is 10.2. The SMILES string of the molecule is C=C1[C@@H]2CC[C@@H]3[C@](C2)(C(=O)[C@@H](O)[C@@H]2C(C)(C)[C@H]4CC(=O)[C@@]32CO4)[C@@H]1OC(C)=O. The van der Waals surface area contributed by atoms with Crippen LogP contribution in [0.2, 0.25) is 0 Å². The minimum absolute atomic E-state index is 0.0775. The summed E-state index contributed by atoms with van der Waals surface area (Å²) in [5, 5.41) is 11.3. The maximum absolute atomic E-state index is 13.8. The Balaban J connectivity index is 1.73. The highest BCUT2D eigenvalue weighted by Crippen LogP contribution is 2.72. The molecule has 0 aromatic heterocycles. The fourth-order valence-electron chi connectivity index (χ4n) is 7.86. The first-order chi connectivity index (χ1) is 13.1. The molecule has 4 aliphatic carbocycles. The summed E-state index contributed by atoms with van der Waals surface area (Å²) < 4.78 is 11.8. The second kappa shape index (κ2) is 5.33. The molecule has 4 saturated carbocycles. The molecule has 0 amide bonds. The maximum atomic E-state index is 13.8. The fourth-order valence-corrected chi connectivity index (χ4v) is 7.86. The van der Waals surface area contributed by atoms with Crippen LogP contribution in [0.3, 0.4) is 0 Å². The minimum atomic E-state index is -1.26. The number of ketones is 2. The Labute approximate surface area is 164 Å². The van der Waals surface area contributed by atoms with Crippen molar-refractivity contribution in [2.24, 2.45) is 34.0 Å². The van der Waals surface area contributed by atoms with E-state index in [0.717, 1.165) is 12.0 Å². The molecule has 0 radical (unpaired) electrons. The van der Waals surface area contributed by atoms with Crippen molar-refractivity contribution in [2.45, 2.75) is 64.8 Å². The van der Waals surface area contributed by atoms with Crippen molar-refractivity contribution in [1.82, 2.24) is 0 Å². The van der Waals surface area contributed by atoms with Crippen LogP contribution >= 0.6 is 0 Å². The summed E-state index contributed by atoms with van der Waals surface area (Å²) in [4.78, 5) is 39.1. The molecule has 2 saturated heterocycles. The van der Waals surface area contributed by atoms with Crippen molar-refractivity contribution in [3.05, 3.63) is 12.2 Å². The normalized spacial score (nSPS) is 50.9. The number of carbonyl (C=O) groups is 3. The molecule has 6 nitrogen and oxygen atoms in total. The van der Waals surface area contributed by atoms with Gasteiger partial charge in [-0.15, -0.1) is 0 Å². The van der Waals surface area contributed by atoms with Gasteiger partial charge in [0.15, 0.2) is 5.78 Å². The topological polar surface area (TPSA) is 89.9 Å². The van der Waals surface area contributed by atoms with Crippen LogP contribution in [-0.4, -0.2) is 47.6 Å². The van der Waals surface area contributed by atoms with Gasteiger partial charge < -0.3 is 14.6 Å². The van der Waals surface area contributed by atoms with Gasteiger partial charge in [-0.1, -0.05) is 20.4 Å². The third kappa shape index (κ3) is 1.80. The summed E-state index contributed by atoms with van der Waals surface area (Å²) in [7, 11) is 0. The Morgan fingerprint density at radius 2 is 1.96 bits per heavy atom. The lowest BCUT2D eigenvalue weighted by Crippen LogP contribution is -2.77. The highest BCUT2D eigenvalue weighted by atomic mass is 16.5. The highest BCUT2D eigenvalue weighted by Gasteiger charge is 2.79. The minimum Gasteiger partial charge on any atom is -0.457 e. The van der Waals surface area contributed by atoms with Gasteiger partial charge in [0.2, 0.25) is 0 Å². The van der Waals surface area contributed by atoms with Crippen LogP contribution < -0.4 is 0 Å². The highest BCUT2D eigenvalue weighted by molar-refractivity contribution is 5.98. The van der Waals surface area contributed by atoms with Gasteiger partial charge in [-0.2, -0.15) is 0 Å². The van der Waals surface area contributed by atoms with E-state index in [1.165, 1.54) is 6.92 Å². The molecule has 6 heteroatoms. The number of hydrogen-bond donors (Lipinski definition) is 1. The van der Waals surface area contributed by atoms with Crippen molar-refractivity contribution in [3.63, 3.8) is 0 Å². The summed E-state index contributed by atoms with van der Waals surface area (Å²) in [5.74, 6) is -1.32. The van der Waals surface area contributed by atoms with Crippen LogP contribution in [0.15, 0.2) is 12.2 Å². The third-order valence-electron chi connectivity index (χ3n) is 8.89. The van der Waals surface area contributed by atoms with E-state index in [4.69, 9.17) is 9.47 Å². The number of aliphatic hydroxyl groups excluding tert-OH is 1. The first-order valence-corrected chi connectivity index (χ1v) is 10.3. The molecule has 0 aromatic rings. The Kier molecular flexibility index (Phi) is 3.52. The van der Waals surface area contributed by atoms with Crippen LogP contribution in [0.25, 0.3) is 0 Å². The van der Waals surface area contributed by atoms with Crippen molar-refractivity contribution < 1.29 is 29.0 Å². The summed E-state index contributed by atoms with van der Waals surface area (Å²) in [6.45, 7) is 9.73. The third-order valence-corrected chi connectivity index (χ3v) is 8.89. The number of hydrogen-bond acceptors (Lipinski definition) is 6. The zero-order chi connectivity index (χ0) is 20.2. The lowest BCUT2D eigenvalue weighted by molar-refractivity contribution is -0.275. The number of esters is 1.